The maximum atomic E-state index is 5.44. The fraction of sp³-hybridized carbons (Fsp3) is 0.333. The Balaban J connectivity index is 2.24. The van der Waals surface area contributed by atoms with E-state index in [1.807, 2.05) is 0 Å². The van der Waals surface area contributed by atoms with Gasteiger partial charge in [0.1, 0.15) is 5.75 Å². The molecule has 0 aromatic heterocycles. The number of benzene rings is 2. The van der Waals surface area contributed by atoms with Crippen molar-refractivity contribution in [2.45, 2.75) is 26.3 Å². The van der Waals surface area contributed by atoms with Gasteiger partial charge in [-0.2, -0.15) is 0 Å². The molecule has 1 N–H and O–H groups in total. The molecule has 2 heteroatoms. The second kappa shape index (κ2) is 7.11. The van der Waals surface area contributed by atoms with Crippen LogP contribution in [0.2, 0.25) is 0 Å². The van der Waals surface area contributed by atoms with Crippen LogP contribution in [-0.2, 0) is 6.42 Å². The van der Waals surface area contributed by atoms with E-state index >= 15 is 0 Å². The van der Waals surface area contributed by atoms with Crippen molar-refractivity contribution in [3.63, 3.8) is 0 Å². The van der Waals surface area contributed by atoms with Gasteiger partial charge < -0.3 is 10.1 Å². The van der Waals surface area contributed by atoms with Gasteiger partial charge >= 0.3 is 0 Å². The van der Waals surface area contributed by atoms with E-state index in [4.69, 9.17) is 4.74 Å². The Morgan fingerprint density at radius 1 is 1.10 bits per heavy atom. The van der Waals surface area contributed by atoms with E-state index < -0.39 is 0 Å². The Labute approximate surface area is 121 Å². The predicted molar refractivity (Wildman–Crippen MR) is 84.3 cm³/mol. The van der Waals surface area contributed by atoms with Crippen LogP contribution in [0.5, 0.6) is 5.75 Å². The van der Waals surface area contributed by atoms with E-state index in [0.29, 0.717) is 6.04 Å². The number of ether oxygens (including phenoxy) is 1. The van der Waals surface area contributed by atoms with Gasteiger partial charge in [-0.1, -0.05) is 49.4 Å². The Bertz CT molecular complexity index is 536. The van der Waals surface area contributed by atoms with Gasteiger partial charge in [0.15, 0.2) is 0 Å². The minimum atomic E-state index is 0.317. The molecule has 0 heterocycles. The van der Waals surface area contributed by atoms with Crippen molar-refractivity contribution >= 4 is 0 Å². The first-order valence-corrected chi connectivity index (χ1v) is 7.16. The molecule has 2 aromatic rings. The SMILES string of the molecule is CCNC(Cc1ccccc1)c1ccc(C)c(OC)c1. The Kier molecular flexibility index (Phi) is 5.19. The molecule has 0 amide bonds. The van der Waals surface area contributed by atoms with Gasteiger partial charge in [0.2, 0.25) is 0 Å². The monoisotopic (exact) mass is 269 g/mol. The number of rotatable bonds is 6. The third-order valence-electron chi connectivity index (χ3n) is 3.57. The molecule has 2 aromatic carbocycles. The molecular weight excluding hydrogens is 246 g/mol. The summed E-state index contributed by atoms with van der Waals surface area (Å²) in [4.78, 5) is 0. The van der Waals surface area contributed by atoms with Gasteiger partial charge in [-0.05, 0) is 42.6 Å². The molecule has 1 unspecified atom stereocenters. The summed E-state index contributed by atoms with van der Waals surface area (Å²) in [6.45, 7) is 5.17. The first-order valence-electron chi connectivity index (χ1n) is 7.16. The fourth-order valence-electron chi connectivity index (χ4n) is 2.46. The third kappa shape index (κ3) is 3.61. The van der Waals surface area contributed by atoms with Crippen molar-refractivity contribution in [2.24, 2.45) is 0 Å². The molecule has 20 heavy (non-hydrogen) atoms. The predicted octanol–water partition coefficient (Wildman–Crippen LogP) is 3.90. The molecular formula is C18H23NO. The quantitative estimate of drug-likeness (QED) is 0.859. The number of hydrogen-bond donors (Lipinski definition) is 1. The average molecular weight is 269 g/mol. The van der Waals surface area contributed by atoms with Crippen LogP contribution in [0, 0.1) is 6.92 Å². The number of hydrogen-bond acceptors (Lipinski definition) is 2. The zero-order valence-electron chi connectivity index (χ0n) is 12.5. The van der Waals surface area contributed by atoms with E-state index in [9.17, 15) is 0 Å². The number of aryl methyl sites for hydroxylation is 1. The second-order valence-electron chi connectivity index (χ2n) is 5.03. The topological polar surface area (TPSA) is 21.3 Å². The lowest BCUT2D eigenvalue weighted by atomic mass is 9.97. The van der Waals surface area contributed by atoms with Crippen molar-refractivity contribution in [3.05, 3.63) is 65.2 Å². The highest BCUT2D eigenvalue weighted by Crippen LogP contribution is 2.25. The van der Waals surface area contributed by atoms with Crippen LogP contribution in [0.4, 0.5) is 0 Å². The molecule has 0 saturated carbocycles. The number of methoxy groups -OCH3 is 1. The van der Waals surface area contributed by atoms with Gasteiger partial charge in [-0.3, -0.25) is 0 Å². The molecule has 1 atom stereocenters. The van der Waals surface area contributed by atoms with Gasteiger partial charge in [-0.15, -0.1) is 0 Å². The van der Waals surface area contributed by atoms with Gasteiger partial charge in [-0.25, -0.2) is 0 Å². The Morgan fingerprint density at radius 2 is 1.85 bits per heavy atom. The van der Waals surface area contributed by atoms with Gasteiger partial charge in [0.25, 0.3) is 0 Å². The van der Waals surface area contributed by atoms with Crippen molar-refractivity contribution in [3.8, 4) is 5.75 Å². The second-order valence-corrected chi connectivity index (χ2v) is 5.03. The third-order valence-corrected chi connectivity index (χ3v) is 3.57. The highest BCUT2D eigenvalue weighted by molar-refractivity contribution is 5.38. The van der Waals surface area contributed by atoms with Crippen LogP contribution in [-0.4, -0.2) is 13.7 Å². The van der Waals surface area contributed by atoms with Gasteiger partial charge in [0, 0.05) is 6.04 Å². The lowest BCUT2D eigenvalue weighted by Crippen LogP contribution is -2.23. The zero-order valence-corrected chi connectivity index (χ0v) is 12.5. The molecule has 0 saturated heterocycles. The van der Waals surface area contributed by atoms with Crippen LogP contribution in [0.1, 0.15) is 29.7 Å². The minimum absolute atomic E-state index is 0.317. The van der Waals surface area contributed by atoms with Crippen molar-refractivity contribution in [2.75, 3.05) is 13.7 Å². The molecule has 0 aliphatic heterocycles. The summed E-state index contributed by atoms with van der Waals surface area (Å²) in [6.07, 6.45) is 0.987. The number of nitrogens with one attached hydrogen (secondary N) is 1. The molecule has 0 radical (unpaired) electrons. The summed E-state index contributed by atoms with van der Waals surface area (Å²) in [5, 5.41) is 3.56. The van der Waals surface area contributed by atoms with E-state index in [1.165, 1.54) is 16.7 Å². The highest BCUT2D eigenvalue weighted by atomic mass is 16.5. The van der Waals surface area contributed by atoms with E-state index in [0.717, 1.165) is 18.7 Å². The fourth-order valence-corrected chi connectivity index (χ4v) is 2.46. The normalized spacial score (nSPS) is 12.2. The minimum Gasteiger partial charge on any atom is -0.496 e. The summed E-state index contributed by atoms with van der Waals surface area (Å²) < 4.78 is 5.44. The first-order chi connectivity index (χ1) is 9.74. The van der Waals surface area contributed by atoms with Gasteiger partial charge in [0.05, 0.1) is 7.11 Å². The van der Waals surface area contributed by atoms with Crippen molar-refractivity contribution in [1.29, 1.82) is 0 Å². The van der Waals surface area contributed by atoms with Crippen molar-refractivity contribution in [1.82, 2.24) is 5.32 Å². The average Bonchev–Trinajstić information content (AvgIpc) is 2.48. The molecule has 0 spiro atoms. The van der Waals surface area contributed by atoms with Crippen molar-refractivity contribution < 1.29 is 4.74 Å². The molecule has 2 nitrogen and oxygen atoms in total. The highest BCUT2D eigenvalue weighted by Gasteiger charge is 2.12. The van der Waals surface area contributed by atoms with Crippen LogP contribution in [0.15, 0.2) is 48.5 Å². The maximum absolute atomic E-state index is 5.44. The molecule has 106 valence electrons. The van der Waals surface area contributed by atoms with Crippen LogP contribution >= 0.6 is 0 Å². The zero-order chi connectivity index (χ0) is 14.4. The van der Waals surface area contributed by atoms with E-state index in [1.54, 1.807) is 7.11 Å². The summed E-state index contributed by atoms with van der Waals surface area (Å²) in [7, 11) is 1.73. The maximum Gasteiger partial charge on any atom is 0.122 e. The summed E-state index contributed by atoms with van der Waals surface area (Å²) >= 11 is 0. The lowest BCUT2D eigenvalue weighted by molar-refractivity contribution is 0.410. The van der Waals surface area contributed by atoms with E-state index in [2.05, 4.69) is 67.7 Å². The Hall–Kier alpha value is -1.80. The largest absolute Gasteiger partial charge is 0.496 e. The molecule has 0 fully saturated rings. The van der Waals surface area contributed by atoms with Crippen LogP contribution in [0.3, 0.4) is 0 Å². The smallest absolute Gasteiger partial charge is 0.122 e. The first kappa shape index (κ1) is 14.6. The van der Waals surface area contributed by atoms with E-state index in [-0.39, 0.29) is 0 Å². The summed E-state index contributed by atoms with van der Waals surface area (Å²) in [6, 6.07) is 17.4. The van der Waals surface area contributed by atoms with Crippen LogP contribution < -0.4 is 10.1 Å². The number of likely N-dealkylation sites (N-methyl/N-ethyl adjacent to an activating group) is 1. The molecule has 0 bridgehead atoms. The Morgan fingerprint density at radius 3 is 2.50 bits per heavy atom. The molecule has 2 rings (SSSR count). The molecule has 0 aliphatic rings. The van der Waals surface area contributed by atoms with Crippen LogP contribution in [0.25, 0.3) is 0 Å². The standard InChI is InChI=1S/C18H23NO/c1-4-19-17(12-15-8-6-5-7-9-15)16-11-10-14(2)18(13-16)20-3/h5-11,13,17,19H,4,12H2,1-3H3. The summed E-state index contributed by atoms with van der Waals surface area (Å²) in [5.41, 5.74) is 3.79. The molecule has 0 aliphatic carbocycles. The lowest BCUT2D eigenvalue weighted by Gasteiger charge is -2.20. The summed E-state index contributed by atoms with van der Waals surface area (Å²) in [5.74, 6) is 0.957.